The van der Waals surface area contributed by atoms with Crippen LogP contribution in [0.15, 0.2) is 60.8 Å². The van der Waals surface area contributed by atoms with Gasteiger partial charge in [0.2, 0.25) is 11.8 Å². The standard InChI is InChI=1S/C28H25FN4O5S/c1-37-22-7-3-2-6-20(22)33(26(35)16-25(30)34)17-8-9-21(18(29)14-17)38-23-10-11-31-19-15-24(39-27(19)23)28(36)32-12-4-5-13-32/h2-3,6-11,14-15H,4-5,12-13,16H2,1H3,(H2,30,34). The van der Waals surface area contributed by atoms with Gasteiger partial charge in [-0.05, 0) is 43.2 Å². The number of nitrogens with two attached hydrogens (primary N) is 1. The number of carbonyl (C=O) groups is 3. The number of methoxy groups -OCH3 is 1. The number of hydrogen-bond acceptors (Lipinski definition) is 7. The zero-order chi connectivity index (χ0) is 27.5. The summed E-state index contributed by atoms with van der Waals surface area (Å²) in [5.74, 6) is -1.64. The number of benzene rings is 2. The minimum atomic E-state index is -0.819. The molecule has 0 spiro atoms. The number of rotatable bonds is 8. The minimum Gasteiger partial charge on any atom is -0.495 e. The van der Waals surface area contributed by atoms with E-state index in [1.54, 1.807) is 36.4 Å². The van der Waals surface area contributed by atoms with Gasteiger partial charge in [0.1, 0.15) is 17.9 Å². The van der Waals surface area contributed by atoms with Crippen molar-refractivity contribution >= 4 is 50.6 Å². The monoisotopic (exact) mass is 548 g/mol. The summed E-state index contributed by atoms with van der Waals surface area (Å²) in [4.78, 5) is 45.2. The van der Waals surface area contributed by atoms with Crippen LogP contribution in [0.5, 0.6) is 17.2 Å². The molecule has 2 aromatic carbocycles. The predicted octanol–water partition coefficient (Wildman–Crippen LogP) is 5.01. The fourth-order valence-corrected chi connectivity index (χ4v) is 5.50. The van der Waals surface area contributed by atoms with Gasteiger partial charge in [0.15, 0.2) is 11.6 Å². The molecule has 0 atom stereocenters. The van der Waals surface area contributed by atoms with Crippen molar-refractivity contribution in [3.8, 4) is 17.2 Å². The van der Waals surface area contributed by atoms with Gasteiger partial charge >= 0.3 is 0 Å². The first-order valence-corrected chi connectivity index (χ1v) is 13.1. The molecule has 1 fully saturated rings. The first kappa shape index (κ1) is 26.1. The number of nitrogens with zero attached hydrogens (tertiary/aromatic N) is 3. The third kappa shape index (κ3) is 5.39. The van der Waals surface area contributed by atoms with Crippen LogP contribution >= 0.6 is 11.3 Å². The lowest BCUT2D eigenvalue weighted by Gasteiger charge is -2.24. The van der Waals surface area contributed by atoms with Crippen molar-refractivity contribution < 1.29 is 28.2 Å². The Kier molecular flexibility index (Phi) is 7.42. The number of carbonyl (C=O) groups excluding carboxylic acids is 3. The van der Waals surface area contributed by atoms with Crippen molar-refractivity contribution in [2.24, 2.45) is 5.73 Å². The Morgan fingerprint density at radius 1 is 1.05 bits per heavy atom. The molecule has 0 bridgehead atoms. The SMILES string of the molecule is COc1ccccc1N(C(=O)CC(N)=O)c1ccc(Oc2ccnc3cc(C(=O)N4CCCC4)sc23)c(F)c1. The van der Waals surface area contributed by atoms with Crippen LogP contribution in [0.2, 0.25) is 0 Å². The maximum Gasteiger partial charge on any atom is 0.264 e. The van der Waals surface area contributed by atoms with Crippen LogP contribution in [0.4, 0.5) is 15.8 Å². The highest BCUT2D eigenvalue weighted by Crippen LogP contribution is 2.39. The first-order valence-electron chi connectivity index (χ1n) is 12.2. The van der Waals surface area contributed by atoms with E-state index in [0.717, 1.165) is 32.0 Å². The lowest BCUT2D eigenvalue weighted by atomic mass is 10.2. The number of amides is 3. The van der Waals surface area contributed by atoms with Crippen molar-refractivity contribution in [2.75, 3.05) is 25.1 Å². The number of thiophene rings is 1. The molecule has 5 rings (SSSR count). The lowest BCUT2D eigenvalue weighted by Crippen LogP contribution is -2.30. The zero-order valence-corrected chi connectivity index (χ0v) is 21.9. The average Bonchev–Trinajstić information content (AvgIpc) is 3.61. The van der Waals surface area contributed by atoms with Crippen molar-refractivity contribution in [3.63, 3.8) is 0 Å². The second-order valence-corrected chi connectivity index (χ2v) is 9.95. The van der Waals surface area contributed by atoms with Gasteiger partial charge in [0.25, 0.3) is 5.91 Å². The van der Waals surface area contributed by atoms with E-state index in [1.807, 2.05) is 4.90 Å². The number of likely N-dealkylation sites (tertiary alicyclic amines) is 1. The minimum absolute atomic E-state index is 0.0472. The van der Waals surface area contributed by atoms with Crippen molar-refractivity contribution in [2.45, 2.75) is 19.3 Å². The summed E-state index contributed by atoms with van der Waals surface area (Å²) >= 11 is 1.25. The molecule has 11 heteroatoms. The number of anilines is 2. The van der Waals surface area contributed by atoms with Gasteiger partial charge in [-0.2, -0.15) is 0 Å². The number of aromatic nitrogens is 1. The Morgan fingerprint density at radius 3 is 2.54 bits per heavy atom. The Hall–Kier alpha value is -4.51. The van der Waals surface area contributed by atoms with E-state index >= 15 is 4.39 Å². The lowest BCUT2D eigenvalue weighted by molar-refractivity contribution is -0.125. The summed E-state index contributed by atoms with van der Waals surface area (Å²) in [5.41, 5.74) is 6.32. The Morgan fingerprint density at radius 2 is 1.82 bits per heavy atom. The van der Waals surface area contributed by atoms with Crippen LogP contribution in [-0.4, -0.2) is 47.8 Å². The maximum absolute atomic E-state index is 15.4. The van der Waals surface area contributed by atoms with Gasteiger partial charge in [-0.15, -0.1) is 11.3 Å². The quantitative estimate of drug-likeness (QED) is 0.310. The molecule has 0 unspecified atom stereocenters. The van der Waals surface area contributed by atoms with Crippen LogP contribution < -0.4 is 20.1 Å². The number of pyridine rings is 1. The van der Waals surface area contributed by atoms with Crippen molar-refractivity contribution in [1.29, 1.82) is 0 Å². The molecule has 2 N–H and O–H groups in total. The highest BCUT2D eigenvalue weighted by atomic mass is 32.1. The molecule has 3 heterocycles. The molecule has 4 aromatic rings. The summed E-state index contributed by atoms with van der Waals surface area (Å²) in [6.07, 6.45) is 2.93. The molecule has 200 valence electrons. The van der Waals surface area contributed by atoms with Crippen LogP contribution in [0.1, 0.15) is 28.9 Å². The number of ether oxygens (including phenoxy) is 2. The van der Waals surface area contributed by atoms with Gasteiger partial charge in [-0.25, -0.2) is 4.39 Å². The van der Waals surface area contributed by atoms with Gasteiger partial charge in [-0.3, -0.25) is 24.3 Å². The number of fused-ring (bicyclic) bond motifs is 1. The van der Waals surface area contributed by atoms with E-state index in [2.05, 4.69) is 4.98 Å². The Labute approximate surface area is 227 Å². The molecule has 0 aliphatic carbocycles. The van der Waals surface area contributed by atoms with Crippen LogP contribution in [0.25, 0.3) is 10.2 Å². The van der Waals surface area contributed by atoms with E-state index in [9.17, 15) is 14.4 Å². The number of halogens is 1. The second kappa shape index (κ2) is 11.1. The van der Waals surface area contributed by atoms with Crippen LogP contribution in [0.3, 0.4) is 0 Å². The summed E-state index contributed by atoms with van der Waals surface area (Å²) in [6.45, 7) is 1.46. The van der Waals surface area contributed by atoms with Crippen molar-refractivity contribution in [3.05, 3.63) is 71.5 Å². The summed E-state index contributed by atoms with van der Waals surface area (Å²) < 4.78 is 27.3. The molecule has 0 saturated carbocycles. The molecule has 0 radical (unpaired) electrons. The third-order valence-electron chi connectivity index (χ3n) is 6.27. The maximum atomic E-state index is 15.4. The molecule has 39 heavy (non-hydrogen) atoms. The van der Waals surface area contributed by atoms with E-state index in [4.69, 9.17) is 15.2 Å². The van der Waals surface area contributed by atoms with Crippen molar-refractivity contribution in [1.82, 2.24) is 9.88 Å². The fourth-order valence-electron chi connectivity index (χ4n) is 4.47. The number of hydrogen-bond donors (Lipinski definition) is 1. The second-order valence-electron chi connectivity index (χ2n) is 8.89. The first-order chi connectivity index (χ1) is 18.9. The highest BCUT2D eigenvalue weighted by Gasteiger charge is 2.25. The molecule has 9 nitrogen and oxygen atoms in total. The van der Waals surface area contributed by atoms with E-state index in [0.29, 0.717) is 32.3 Å². The van der Waals surface area contributed by atoms with Gasteiger partial charge in [0, 0.05) is 31.4 Å². The molecule has 1 aliphatic heterocycles. The number of para-hydroxylation sites is 2. The van der Waals surface area contributed by atoms with E-state index in [-0.39, 0.29) is 17.3 Å². The number of primary amides is 1. The Balaban J connectivity index is 1.46. The van der Waals surface area contributed by atoms with Crippen LogP contribution in [-0.2, 0) is 9.59 Å². The topological polar surface area (TPSA) is 115 Å². The molecule has 3 amide bonds. The van der Waals surface area contributed by atoms with Crippen LogP contribution in [0, 0.1) is 5.82 Å². The highest BCUT2D eigenvalue weighted by molar-refractivity contribution is 7.21. The molecule has 1 aliphatic rings. The molecule has 1 saturated heterocycles. The third-order valence-corrected chi connectivity index (χ3v) is 7.40. The van der Waals surface area contributed by atoms with Gasteiger partial charge in [0.05, 0.1) is 33.6 Å². The summed E-state index contributed by atoms with van der Waals surface area (Å²) in [5, 5.41) is 0. The zero-order valence-electron chi connectivity index (χ0n) is 21.1. The Bertz CT molecular complexity index is 1570. The van der Waals surface area contributed by atoms with Gasteiger partial charge < -0.3 is 20.1 Å². The largest absolute Gasteiger partial charge is 0.495 e. The smallest absolute Gasteiger partial charge is 0.264 e. The van der Waals surface area contributed by atoms with Gasteiger partial charge in [-0.1, -0.05) is 12.1 Å². The molecular formula is C28H25FN4O5S. The predicted molar refractivity (Wildman–Crippen MR) is 145 cm³/mol. The average molecular weight is 549 g/mol. The molecule has 2 aromatic heterocycles. The van der Waals surface area contributed by atoms with E-state index in [1.165, 1.54) is 41.7 Å². The fraction of sp³-hybridized carbons (Fsp3) is 0.214. The normalized spacial score (nSPS) is 12.9. The van der Waals surface area contributed by atoms with E-state index < -0.39 is 24.1 Å². The summed E-state index contributed by atoms with van der Waals surface area (Å²) in [7, 11) is 1.44. The molecular weight excluding hydrogens is 523 g/mol. The summed E-state index contributed by atoms with van der Waals surface area (Å²) in [6, 6.07) is 14.0.